The predicted molar refractivity (Wildman–Crippen MR) is 72.5 cm³/mol. The average Bonchev–Trinajstić information content (AvgIpc) is 2.36. The fourth-order valence-corrected chi connectivity index (χ4v) is 1.86. The minimum absolute atomic E-state index is 0.119. The average molecular weight is 240 g/mol. The second-order valence-electron chi connectivity index (χ2n) is 4.42. The first-order chi connectivity index (χ1) is 8.65. The number of rotatable bonds is 4. The van der Waals surface area contributed by atoms with Gasteiger partial charge in [-0.05, 0) is 42.7 Å². The van der Waals surface area contributed by atoms with E-state index in [1.807, 2.05) is 37.3 Å². The van der Waals surface area contributed by atoms with Gasteiger partial charge in [0, 0.05) is 30.1 Å². The molecule has 0 fully saturated rings. The number of benzene rings is 1. The second-order valence-corrected chi connectivity index (χ2v) is 4.42. The molecular weight excluding hydrogens is 224 g/mol. The zero-order valence-electron chi connectivity index (χ0n) is 10.4. The van der Waals surface area contributed by atoms with Crippen molar-refractivity contribution in [3.05, 3.63) is 59.4 Å². The van der Waals surface area contributed by atoms with Crippen molar-refractivity contribution in [2.24, 2.45) is 0 Å². The van der Waals surface area contributed by atoms with Gasteiger partial charge >= 0.3 is 0 Å². The van der Waals surface area contributed by atoms with Gasteiger partial charge in [-0.1, -0.05) is 12.1 Å². The first-order valence-electron chi connectivity index (χ1n) is 5.94. The first kappa shape index (κ1) is 12.3. The lowest BCUT2D eigenvalue weighted by Crippen LogP contribution is -2.02. The van der Waals surface area contributed by atoms with Crippen molar-refractivity contribution >= 4 is 11.5 Å². The molecule has 1 aromatic heterocycles. The molecular formula is C15H16N2O. The van der Waals surface area contributed by atoms with Crippen LogP contribution in [0.3, 0.4) is 0 Å². The topological polar surface area (TPSA) is 56.0 Å². The maximum Gasteiger partial charge on any atom is 0.164 e. The van der Waals surface area contributed by atoms with Gasteiger partial charge in [0.25, 0.3) is 0 Å². The Hall–Kier alpha value is -2.16. The predicted octanol–water partition coefficient (Wildman–Crippen LogP) is 2.79. The Morgan fingerprint density at radius 2 is 2.11 bits per heavy atom. The van der Waals surface area contributed by atoms with Crippen molar-refractivity contribution in [3.63, 3.8) is 0 Å². The van der Waals surface area contributed by atoms with Crippen molar-refractivity contribution in [2.75, 3.05) is 5.73 Å². The monoisotopic (exact) mass is 240 g/mol. The van der Waals surface area contributed by atoms with Gasteiger partial charge in [-0.25, -0.2) is 0 Å². The van der Waals surface area contributed by atoms with E-state index >= 15 is 0 Å². The van der Waals surface area contributed by atoms with Crippen molar-refractivity contribution in [2.45, 2.75) is 19.8 Å². The molecule has 0 bridgehead atoms. The number of carbonyl (C=O) groups excluding carboxylic acids is 1. The largest absolute Gasteiger partial charge is 0.399 e. The van der Waals surface area contributed by atoms with Crippen molar-refractivity contribution in [1.82, 2.24) is 4.98 Å². The van der Waals surface area contributed by atoms with Crippen LogP contribution in [0.5, 0.6) is 0 Å². The van der Waals surface area contributed by atoms with Crippen molar-refractivity contribution in [3.8, 4) is 0 Å². The Morgan fingerprint density at radius 3 is 2.83 bits per heavy atom. The number of pyridine rings is 1. The van der Waals surface area contributed by atoms with E-state index in [9.17, 15) is 4.79 Å². The molecule has 2 rings (SSSR count). The molecule has 0 aliphatic heterocycles. The fourth-order valence-electron chi connectivity index (χ4n) is 1.86. The second kappa shape index (κ2) is 5.45. The van der Waals surface area contributed by atoms with Gasteiger partial charge in [0.1, 0.15) is 0 Å². The molecule has 2 aromatic rings. The summed E-state index contributed by atoms with van der Waals surface area (Å²) in [7, 11) is 0. The van der Waals surface area contributed by atoms with Crippen molar-refractivity contribution < 1.29 is 4.79 Å². The van der Waals surface area contributed by atoms with Gasteiger partial charge in [0.15, 0.2) is 5.78 Å². The number of anilines is 1. The summed E-state index contributed by atoms with van der Waals surface area (Å²) in [5, 5.41) is 0. The van der Waals surface area contributed by atoms with Crippen LogP contribution in [0.1, 0.15) is 27.9 Å². The summed E-state index contributed by atoms with van der Waals surface area (Å²) in [6.45, 7) is 1.93. The Morgan fingerprint density at radius 1 is 1.28 bits per heavy atom. The third-order valence-corrected chi connectivity index (χ3v) is 2.79. The first-order valence-corrected chi connectivity index (χ1v) is 5.94. The quantitative estimate of drug-likeness (QED) is 0.660. The number of Topliss-reactive ketones (excluding diaryl/α,β-unsaturated/α-hetero) is 1. The van der Waals surface area contributed by atoms with E-state index in [0.29, 0.717) is 18.4 Å². The third-order valence-electron chi connectivity index (χ3n) is 2.79. The standard InChI is InChI=1S/C15H16N2O/c1-11-7-13(10-17-9-11)15(18)6-5-12-3-2-4-14(16)8-12/h2-4,7-10H,5-6,16H2,1H3. The zero-order valence-corrected chi connectivity index (χ0v) is 10.4. The van der Waals surface area contributed by atoms with Gasteiger partial charge in [-0.3, -0.25) is 9.78 Å². The number of hydrogen-bond acceptors (Lipinski definition) is 3. The van der Waals surface area contributed by atoms with E-state index in [2.05, 4.69) is 4.98 Å². The van der Waals surface area contributed by atoms with E-state index < -0.39 is 0 Å². The summed E-state index contributed by atoms with van der Waals surface area (Å²) < 4.78 is 0. The molecule has 3 heteroatoms. The van der Waals surface area contributed by atoms with Gasteiger partial charge < -0.3 is 5.73 Å². The van der Waals surface area contributed by atoms with E-state index in [4.69, 9.17) is 5.73 Å². The molecule has 0 saturated heterocycles. The summed E-state index contributed by atoms with van der Waals surface area (Å²) in [6, 6.07) is 9.51. The number of aromatic nitrogens is 1. The molecule has 18 heavy (non-hydrogen) atoms. The molecule has 0 amide bonds. The highest BCUT2D eigenvalue weighted by Gasteiger charge is 2.06. The molecule has 0 spiro atoms. The van der Waals surface area contributed by atoms with Crippen LogP contribution in [0.2, 0.25) is 0 Å². The minimum Gasteiger partial charge on any atom is -0.399 e. The normalized spacial score (nSPS) is 10.3. The number of nitrogen functional groups attached to an aromatic ring is 1. The SMILES string of the molecule is Cc1cncc(C(=O)CCc2cccc(N)c2)c1. The van der Waals surface area contributed by atoms with Gasteiger partial charge in [-0.15, -0.1) is 0 Å². The third kappa shape index (κ3) is 3.17. The summed E-state index contributed by atoms with van der Waals surface area (Å²) in [4.78, 5) is 16.0. The summed E-state index contributed by atoms with van der Waals surface area (Å²) >= 11 is 0. The van der Waals surface area contributed by atoms with Crippen LogP contribution < -0.4 is 5.73 Å². The van der Waals surface area contributed by atoms with Crippen LogP contribution in [0, 0.1) is 6.92 Å². The molecule has 92 valence electrons. The van der Waals surface area contributed by atoms with Gasteiger partial charge in [-0.2, -0.15) is 0 Å². The van der Waals surface area contributed by atoms with E-state index in [1.165, 1.54) is 0 Å². The number of nitrogens with zero attached hydrogens (tertiary/aromatic N) is 1. The van der Waals surface area contributed by atoms with E-state index in [1.54, 1.807) is 12.4 Å². The Kier molecular flexibility index (Phi) is 3.72. The number of carbonyl (C=O) groups is 1. The minimum atomic E-state index is 0.119. The van der Waals surface area contributed by atoms with E-state index in [-0.39, 0.29) is 5.78 Å². The maximum atomic E-state index is 12.0. The van der Waals surface area contributed by atoms with Gasteiger partial charge in [0.05, 0.1) is 0 Å². The van der Waals surface area contributed by atoms with Crippen LogP contribution in [-0.2, 0) is 6.42 Å². The summed E-state index contributed by atoms with van der Waals surface area (Å²) in [5.41, 5.74) is 9.21. The molecule has 1 heterocycles. The number of aryl methyl sites for hydroxylation is 2. The molecule has 0 aliphatic rings. The Labute approximate surface area is 107 Å². The van der Waals surface area contributed by atoms with Crippen LogP contribution in [0.15, 0.2) is 42.7 Å². The van der Waals surface area contributed by atoms with E-state index in [0.717, 1.165) is 16.8 Å². The maximum absolute atomic E-state index is 12.0. The van der Waals surface area contributed by atoms with Crippen LogP contribution >= 0.6 is 0 Å². The zero-order chi connectivity index (χ0) is 13.0. The highest BCUT2D eigenvalue weighted by atomic mass is 16.1. The molecule has 0 aliphatic carbocycles. The van der Waals surface area contributed by atoms with Crippen LogP contribution in [-0.4, -0.2) is 10.8 Å². The molecule has 1 aromatic carbocycles. The highest BCUT2D eigenvalue weighted by molar-refractivity contribution is 5.96. The lowest BCUT2D eigenvalue weighted by molar-refractivity contribution is 0.0982. The lowest BCUT2D eigenvalue weighted by atomic mass is 10.0. The van der Waals surface area contributed by atoms with Crippen molar-refractivity contribution in [1.29, 1.82) is 0 Å². The number of hydrogen-bond donors (Lipinski definition) is 1. The molecule has 0 unspecified atom stereocenters. The number of ketones is 1. The Bertz CT molecular complexity index is 564. The molecule has 0 atom stereocenters. The smallest absolute Gasteiger partial charge is 0.164 e. The lowest BCUT2D eigenvalue weighted by Gasteiger charge is -2.03. The molecule has 3 nitrogen and oxygen atoms in total. The van der Waals surface area contributed by atoms with Crippen LogP contribution in [0.4, 0.5) is 5.69 Å². The molecule has 0 radical (unpaired) electrons. The van der Waals surface area contributed by atoms with Gasteiger partial charge in [0.2, 0.25) is 0 Å². The highest BCUT2D eigenvalue weighted by Crippen LogP contribution is 2.11. The Balaban J connectivity index is 2.00. The molecule has 2 N–H and O–H groups in total. The fraction of sp³-hybridized carbons (Fsp3) is 0.200. The molecule has 0 saturated carbocycles. The number of nitrogens with two attached hydrogens (primary N) is 1. The summed E-state index contributed by atoms with van der Waals surface area (Å²) in [6.07, 6.45) is 4.55. The van der Waals surface area contributed by atoms with Crippen LogP contribution in [0.25, 0.3) is 0 Å². The summed E-state index contributed by atoms with van der Waals surface area (Å²) in [5.74, 6) is 0.119.